The molecule has 0 aromatic rings. The molecular weight excluding hydrogens is 172 g/mol. The zero-order valence-electron chi connectivity index (χ0n) is 9.92. The molecule has 3 N–H and O–H groups in total. The summed E-state index contributed by atoms with van der Waals surface area (Å²) in [7, 11) is 0. The van der Waals surface area contributed by atoms with Crippen molar-refractivity contribution < 1.29 is 0 Å². The lowest BCUT2D eigenvalue weighted by Crippen LogP contribution is -2.40. The van der Waals surface area contributed by atoms with E-state index in [2.05, 4.69) is 26.2 Å². The van der Waals surface area contributed by atoms with Gasteiger partial charge in [-0.15, -0.1) is 0 Å². The largest absolute Gasteiger partial charge is 0.271 e. The van der Waals surface area contributed by atoms with Gasteiger partial charge < -0.3 is 0 Å². The maximum Gasteiger partial charge on any atom is 0.0238 e. The van der Waals surface area contributed by atoms with Gasteiger partial charge >= 0.3 is 0 Å². The zero-order chi connectivity index (χ0) is 10.6. The summed E-state index contributed by atoms with van der Waals surface area (Å²) in [4.78, 5) is 0. The normalized spacial score (nSPS) is 21.2. The van der Waals surface area contributed by atoms with E-state index in [0.29, 0.717) is 6.04 Å². The van der Waals surface area contributed by atoms with Crippen LogP contribution < -0.4 is 11.3 Å². The SMILES string of the molecule is CC(C)CCCC(NN)C(C)C1CC1. The van der Waals surface area contributed by atoms with Gasteiger partial charge in [0.2, 0.25) is 0 Å². The summed E-state index contributed by atoms with van der Waals surface area (Å²) >= 11 is 0. The minimum absolute atomic E-state index is 0.543. The lowest BCUT2D eigenvalue weighted by molar-refractivity contribution is 0.315. The standard InChI is InChI=1S/C12H26N2/c1-9(2)5-4-6-12(14-13)10(3)11-7-8-11/h9-12,14H,4-8,13H2,1-3H3. The summed E-state index contributed by atoms with van der Waals surface area (Å²) in [5.74, 6) is 8.15. The molecule has 0 aromatic heterocycles. The number of nitrogens with one attached hydrogen (secondary N) is 1. The first-order valence-electron chi connectivity index (χ1n) is 6.11. The Morgan fingerprint density at radius 1 is 1.21 bits per heavy atom. The minimum atomic E-state index is 0.543. The van der Waals surface area contributed by atoms with E-state index >= 15 is 0 Å². The van der Waals surface area contributed by atoms with Crippen molar-refractivity contribution in [3.8, 4) is 0 Å². The van der Waals surface area contributed by atoms with Crippen LogP contribution in [0.1, 0.15) is 52.9 Å². The summed E-state index contributed by atoms with van der Waals surface area (Å²) in [6, 6.07) is 0.543. The highest BCUT2D eigenvalue weighted by atomic mass is 15.2. The quantitative estimate of drug-likeness (QED) is 0.487. The Bertz CT molecular complexity index is 152. The number of nitrogens with two attached hydrogens (primary N) is 1. The molecule has 1 aliphatic rings. The molecule has 84 valence electrons. The first-order chi connectivity index (χ1) is 6.65. The lowest BCUT2D eigenvalue weighted by atomic mass is 9.92. The van der Waals surface area contributed by atoms with Crippen LogP contribution in [-0.2, 0) is 0 Å². The topological polar surface area (TPSA) is 38.0 Å². The molecule has 1 saturated carbocycles. The van der Waals surface area contributed by atoms with Crippen LogP contribution in [0.4, 0.5) is 0 Å². The average molecular weight is 198 g/mol. The summed E-state index contributed by atoms with van der Waals surface area (Å²) in [5.41, 5.74) is 3.00. The molecule has 1 fully saturated rings. The second-order valence-corrected chi connectivity index (χ2v) is 5.29. The number of hydrazine groups is 1. The Labute approximate surface area is 88.6 Å². The first-order valence-corrected chi connectivity index (χ1v) is 6.11. The molecule has 0 heterocycles. The molecule has 1 aliphatic carbocycles. The van der Waals surface area contributed by atoms with Crippen molar-refractivity contribution in [3.05, 3.63) is 0 Å². The van der Waals surface area contributed by atoms with Crippen LogP contribution in [0.15, 0.2) is 0 Å². The molecule has 2 unspecified atom stereocenters. The third kappa shape index (κ3) is 3.97. The van der Waals surface area contributed by atoms with Crippen LogP contribution in [-0.4, -0.2) is 6.04 Å². The van der Waals surface area contributed by atoms with Gasteiger partial charge in [0.15, 0.2) is 0 Å². The molecular formula is C12H26N2. The highest BCUT2D eigenvalue weighted by Gasteiger charge is 2.32. The Balaban J connectivity index is 2.16. The van der Waals surface area contributed by atoms with Gasteiger partial charge in [0.1, 0.15) is 0 Å². The Morgan fingerprint density at radius 3 is 2.29 bits per heavy atom. The minimum Gasteiger partial charge on any atom is -0.271 e. The van der Waals surface area contributed by atoms with Crippen molar-refractivity contribution in [1.29, 1.82) is 0 Å². The van der Waals surface area contributed by atoms with E-state index in [0.717, 1.165) is 17.8 Å². The maximum atomic E-state index is 5.61. The molecule has 0 spiro atoms. The molecule has 0 aliphatic heterocycles. The predicted molar refractivity (Wildman–Crippen MR) is 61.7 cm³/mol. The highest BCUT2D eigenvalue weighted by molar-refractivity contribution is 4.85. The van der Waals surface area contributed by atoms with E-state index in [1.165, 1.54) is 32.1 Å². The molecule has 0 amide bonds. The Morgan fingerprint density at radius 2 is 1.86 bits per heavy atom. The third-order valence-corrected chi connectivity index (χ3v) is 3.51. The monoisotopic (exact) mass is 198 g/mol. The summed E-state index contributed by atoms with van der Waals surface area (Å²) < 4.78 is 0. The molecule has 2 atom stereocenters. The van der Waals surface area contributed by atoms with Crippen LogP contribution in [0, 0.1) is 17.8 Å². The average Bonchev–Trinajstić information content (AvgIpc) is 2.94. The number of hydrogen-bond donors (Lipinski definition) is 2. The Kier molecular flexibility index (Phi) is 4.90. The van der Waals surface area contributed by atoms with Crippen molar-refractivity contribution >= 4 is 0 Å². The van der Waals surface area contributed by atoms with E-state index < -0.39 is 0 Å². The van der Waals surface area contributed by atoms with Crippen LogP contribution >= 0.6 is 0 Å². The zero-order valence-corrected chi connectivity index (χ0v) is 9.92. The second-order valence-electron chi connectivity index (χ2n) is 5.29. The molecule has 2 heteroatoms. The molecule has 0 radical (unpaired) electrons. The smallest absolute Gasteiger partial charge is 0.0238 e. The van der Waals surface area contributed by atoms with Gasteiger partial charge in [0.25, 0.3) is 0 Å². The van der Waals surface area contributed by atoms with Gasteiger partial charge in [0, 0.05) is 6.04 Å². The van der Waals surface area contributed by atoms with Crippen molar-refractivity contribution in [2.75, 3.05) is 0 Å². The maximum absolute atomic E-state index is 5.61. The van der Waals surface area contributed by atoms with Crippen LogP contribution in [0.5, 0.6) is 0 Å². The molecule has 0 saturated heterocycles. The molecule has 1 rings (SSSR count). The van der Waals surface area contributed by atoms with E-state index in [1.807, 2.05) is 0 Å². The van der Waals surface area contributed by atoms with Gasteiger partial charge in [-0.25, -0.2) is 0 Å². The molecule has 2 nitrogen and oxygen atoms in total. The Hall–Kier alpha value is -0.0800. The van der Waals surface area contributed by atoms with E-state index in [-0.39, 0.29) is 0 Å². The van der Waals surface area contributed by atoms with E-state index in [4.69, 9.17) is 5.84 Å². The predicted octanol–water partition coefficient (Wildman–Crippen LogP) is 2.69. The van der Waals surface area contributed by atoms with Gasteiger partial charge in [-0.3, -0.25) is 11.3 Å². The summed E-state index contributed by atoms with van der Waals surface area (Å²) in [6.45, 7) is 6.92. The van der Waals surface area contributed by atoms with Crippen molar-refractivity contribution in [3.63, 3.8) is 0 Å². The third-order valence-electron chi connectivity index (χ3n) is 3.51. The van der Waals surface area contributed by atoms with Crippen molar-refractivity contribution in [1.82, 2.24) is 5.43 Å². The van der Waals surface area contributed by atoms with E-state index in [9.17, 15) is 0 Å². The summed E-state index contributed by atoms with van der Waals surface area (Å²) in [6.07, 6.45) is 6.72. The molecule has 0 aromatic carbocycles. The van der Waals surface area contributed by atoms with Gasteiger partial charge in [-0.1, -0.05) is 33.6 Å². The van der Waals surface area contributed by atoms with Gasteiger partial charge in [0.05, 0.1) is 0 Å². The van der Waals surface area contributed by atoms with Crippen molar-refractivity contribution in [2.45, 2.75) is 58.9 Å². The molecule has 0 bridgehead atoms. The fraction of sp³-hybridized carbons (Fsp3) is 1.00. The van der Waals surface area contributed by atoms with Crippen LogP contribution in [0.2, 0.25) is 0 Å². The second kappa shape index (κ2) is 5.72. The van der Waals surface area contributed by atoms with Crippen molar-refractivity contribution in [2.24, 2.45) is 23.6 Å². The van der Waals surface area contributed by atoms with Gasteiger partial charge in [-0.2, -0.15) is 0 Å². The fourth-order valence-corrected chi connectivity index (χ4v) is 2.19. The number of rotatable bonds is 7. The van der Waals surface area contributed by atoms with Gasteiger partial charge in [-0.05, 0) is 37.0 Å². The first kappa shape index (κ1) is 12.0. The highest BCUT2D eigenvalue weighted by Crippen LogP contribution is 2.39. The fourth-order valence-electron chi connectivity index (χ4n) is 2.19. The summed E-state index contributed by atoms with van der Waals surface area (Å²) in [5, 5.41) is 0. The molecule has 14 heavy (non-hydrogen) atoms. The number of hydrogen-bond acceptors (Lipinski definition) is 2. The van der Waals surface area contributed by atoms with Crippen LogP contribution in [0.3, 0.4) is 0 Å². The van der Waals surface area contributed by atoms with Crippen LogP contribution in [0.25, 0.3) is 0 Å². The van der Waals surface area contributed by atoms with E-state index in [1.54, 1.807) is 0 Å². The lowest BCUT2D eigenvalue weighted by Gasteiger charge is -2.23.